The highest BCUT2D eigenvalue weighted by Gasteiger charge is 2.19. The summed E-state index contributed by atoms with van der Waals surface area (Å²) in [5, 5.41) is 0. The van der Waals surface area contributed by atoms with Crippen molar-refractivity contribution in [1.82, 2.24) is 0 Å². The lowest BCUT2D eigenvalue weighted by molar-refractivity contribution is 0.612. The monoisotopic (exact) mass is 370 g/mol. The average molecular weight is 372 g/mol. The van der Waals surface area contributed by atoms with Gasteiger partial charge in [-0.15, -0.1) is 0 Å². The minimum atomic E-state index is -0.203. The third-order valence-electron chi connectivity index (χ3n) is 2.95. The van der Waals surface area contributed by atoms with Gasteiger partial charge in [0.1, 0.15) is 5.82 Å². The van der Waals surface area contributed by atoms with Gasteiger partial charge in [0.2, 0.25) is 0 Å². The second-order valence-corrected chi connectivity index (χ2v) is 6.13. The Hall–Kier alpha value is -0.670. The molecule has 0 radical (unpaired) electrons. The van der Waals surface area contributed by atoms with E-state index >= 15 is 0 Å². The number of benzene rings is 2. The fourth-order valence-corrected chi connectivity index (χ4v) is 3.88. The first kappa shape index (κ1) is 13.8. The summed E-state index contributed by atoms with van der Waals surface area (Å²) in [5.41, 5.74) is 4.10. The molecule has 2 aromatic carbocycles. The number of hydrogen-bond acceptors (Lipinski definition) is 0. The standard InChI is InChI=1S/C15H13Br2F/c1-9-6-7-11(10(2)8-9)15(17)14-12(16)4-3-5-13(14)18/h3-8,15H,1-2H3. The molecular formula is C15H13Br2F. The van der Waals surface area contributed by atoms with Gasteiger partial charge in [-0.25, -0.2) is 4.39 Å². The zero-order valence-electron chi connectivity index (χ0n) is 10.2. The van der Waals surface area contributed by atoms with E-state index in [2.05, 4.69) is 44.8 Å². The molecule has 1 atom stereocenters. The fourth-order valence-electron chi connectivity index (χ4n) is 2.02. The Labute approximate surface area is 123 Å². The van der Waals surface area contributed by atoms with Crippen LogP contribution in [0.3, 0.4) is 0 Å². The van der Waals surface area contributed by atoms with Crippen LogP contribution in [0.5, 0.6) is 0 Å². The molecule has 0 aliphatic carbocycles. The summed E-state index contributed by atoms with van der Waals surface area (Å²) in [6, 6.07) is 11.2. The lowest BCUT2D eigenvalue weighted by Crippen LogP contribution is -2.00. The largest absolute Gasteiger partial charge is 0.207 e. The normalized spacial score (nSPS) is 12.5. The van der Waals surface area contributed by atoms with Crippen molar-refractivity contribution in [1.29, 1.82) is 0 Å². The lowest BCUT2D eigenvalue weighted by Gasteiger charge is -2.16. The Balaban J connectivity index is 2.51. The molecule has 0 N–H and O–H groups in total. The Morgan fingerprint density at radius 3 is 2.44 bits per heavy atom. The Bertz CT molecular complexity index is 558. The van der Waals surface area contributed by atoms with Crippen molar-refractivity contribution < 1.29 is 4.39 Å². The maximum Gasteiger partial charge on any atom is 0.129 e. The third kappa shape index (κ3) is 2.67. The first-order valence-electron chi connectivity index (χ1n) is 5.66. The van der Waals surface area contributed by atoms with Gasteiger partial charge in [-0.3, -0.25) is 0 Å². The van der Waals surface area contributed by atoms with Gasteiger partial charge in [-0.1, -0.05) is 61.7 Å². The van der Waals surface area contributed by atoms with E-state index in [0.717, 1.165) is 15.6 Å². The number of hydrogen-bond donors (Lipinski definition) is 0. The first-order valence-corrected chi connectivity index (χ1v) is 7.36. The van der Waals surface area contributed by atoms with E-state index in [9.17, 15) is 4.39 Å². The predicted octanol–water partition coefficient (Wildman–Crippen LogP) is 5.69. The molecule has 0 spiro atoms. The Morgan fingerprint density at radius 2 is 1.83 bits per heavy atom. The quantitative estimate of drug-likeness (QED) is 0.595. The molecule has 0 fully saturated rings. The van der Waals surface area contributed by atoms with E-state index in [1.54, 1.807) is 6.07 Å². The van der Waals surface area contributed by atoms with Crippen molar-refractivity contribution in [3.63, 3.8) is 0 Å². The minimum Gasteiger partial charge on any atom is -0.207 e. The summed E-state index contributed by atoms with van der Waals surface area (Å²) in [4.78, 5) is -0.145. The van der Waals surface area contributed by atoms with Gasteiger partial charge in [0, 0.05) is 10.0 Å². The molecule has 18 heavy (non-hydrogen) atoms. The van der Waals surface area contributed by atoms with Crippen molar-refractivity contribution in [2.24, 2.45) is 0 Å². The van der Waals surface area contributed by atoms with Crippen LogP contribution in [0.15, 0.2) is 40.9 Å². The molecule has 0 saturated heterocycles. The van der Waals surface area contributed by atoms with E-state index in [0.29, 0.717) is 5.56 Å². The summed E-state index contributed by atoms with van der Waals surface area (Å²) < 4.78 is 14.7. The van der Waals surface area contributed by atoms with Crippen LogP contribution in [0.1, 0.15) is 27.1 Å². The summed E-state index contributed by atoms with van der Waals surface area (Å²) in [7, 11) is 0. The minimum absolute atomic E-state index is 0.145. The highest BCUT2D eigenvalue weighted by atomic mass is 79.9. The Morgan fingerprint density at radius 1 is 1.11 bits per heavy atom. The molecule has 0 heterocycles. The van der Waals surface area contributed by atoms with E-state index in [4.69, 9.17) is 0 Å². The molecule has 0 aliphatic heterocycles. The second-order valence-electron chi connectivity index (χ2n) is 4.36. The van der Waals surface area contributed by atoms with Gasteiger partial charge in [0.25, 0.3) is 0 Å². The van der Waals surface area contributed by atoms with E-state index in [1.807, 2.05) is 25.1 Å². The van der Waals surface area contributed by atoms with Crippen LogP contribution in [0, 0.1) is 19.7 Å². The second kappa shape index (κ2) is 5.54. The molecule has 2 rings (SSSR count). The lowest BCUT2D eigenvalue weighted by atomic mass is 9.98. The van der Waals surface area contributed by atoms with Crippen LogP contribution < -0.4 is 0 Å². The van der Waals surface area contributed by atoms with Crippen LogP contribution in [-0.4, -0.2) is 0 Å². The van der Waals surface area contributed by atoms with Gasteiger partial charge in [-0.2, -0.15) is 0 Å². The summed E-state index contributed by atoms with van der Waals surface area (Å²) in [6.07, 6.45) is 0. The van der Waals surface area contributed by atoms with E-state index in [-0.39, 0.29) is 10.6 Å². The zero-order chi connectivity index (χ0) is 13.3. The predicted molar refractivity (Wildman–Crippen MR) is 80.8 cm³/mol. The van der Waals surface area contributed by atoms with Crippen LogP contribution in [-0.2, 0) is 0 Å². The third-order valence-corrected chi connectivity index (χ3v) is 4.59. The summed E-state index contributed by atoms with van der Waals surface area (Å²) in [5.74, 6) is -0.203. The molecule has 3 heteroatoms. The fraction of sp³-hybridized carbons (Fsp3) is 0.200. The number of aryl methyl sites for hydroxylation is 2. The highest BCUT2D eigenvalue weighted by molar-refractivity contribution is 9.11. The van der Waals surface area contributed by atoms with Gasteiger partial charge < -0.3 is 0 Å². The topological polar surface area (TPSA) is 0 Å². The van der Waals surface area contributed by atoms with Gasteiger partial charge in [-0.05, 0) is 37.1 Å². The van der Waals surface area contributed by atoms with Crippen molar-refractivity contribution in [3.05, 3.63) is 68.9 Å². The van der Waals surface area contributed by atoms with Gasteiger partial charge in [0.05, 0.1) is 4.83 Å². The van der Waals surface area contributed by atoms with Crippen LogP contribution in [0.2, 0.25) is 0 Å². The van der Waals surface area contributed by atoms with E-state index < -0.39 is 0 Å². The zero-order valence-corrected chi connectivity index (χ0v) is 13.3. The SMILES string of the molecule is Cc1ccc(C(Br)c2c(F)cccc2Br)c(C)c1. The molecule has 1 unspecified atom stereocenters. The summed E-state index contributed by atoms with van der Waals surface area (Å²) >= 11 is 7.02. The number of halogens is 3. The Kier molecular flexibility index (Phi) is 4.23. The van der Waals surface area contributed by atoms with Crippen molar-refractivity contribution in [2.75, 3.05) is 0 Å². The van der Waals surface area contributed by atoms with Crippen LogP contribution in [0.4, 0.5) is 4.39 Å². The highest BCUT2D eigenvalue weighted by Crippen LogP contribution is 2.38. The molecule has 0 nitrogen and oxygen atoms in total. The van der Waals surface area contributed by atoms with Crippen LogP contribution in [0.25, 0.3) is 0 Å². The molecule has 2 aromatic rings. The molecule has 0 saturated carbocycles. The summed E-state index contributed by atoms with van der Waals surface area (Å²) in [6.45, 7) is 4.10. The average Bonchev–Trinajstić information content (AvgIpc) is 2.28. The maximum atomic E-state index is 13.9. The van der Waals surface area contributed by atoms with Gasteiger partial charge >= 0.3 is 0 Å². The molecular weight excluding hydrogens is 359 g/mol. The van der Waals surface area contributed by atoms with E-state index in [1.165, 1.54) is 11.6 Å². The van der Waals surface area contributed by atoms with Crippen molar-refractivity contribution in [2.45, 2.75) is 18.7 Å². The maximum absolute atomic E-state index is 13.9. The number of alkyl halides is 1. The van der Waals surface area contributed by atoms with Crippen molar-refractivity contribution in [3.8, 4) is 0 Å². The molecule has 0 amide bonds. The van der Waals surface area contributed by atoms with Crippen LogP contribution >= 0.6 is 31.9 Å². The van der Waals surface area contributed by atoms with Gasteiger partial charge in [0.15, 0.2) is 0 Å². The molecule has 0 aliphatic rings. The van der Waals surface area contributed by atoms with Crippen molar-refractivity contribution >= 4 is 31.9 Å². The molecule has 0 bridgehead atoms. The molecule has 94 valence electrons. The first-order chi connectivity index (χ1) is 8.50. The smallest absolute Gasteiger partial charge is 0.129 e. The molecule has 0 aromatic heterocycles. The number of rotatable bonds is 2.